The molecule has 3 aliphatic rings. The van der Waals surface area contributed by atoms with E-state index in [4.69, 9.17) is 43.9 Å². The van der Waals surface area contributed by atoms with E-state index in [9.17, 15) is 48.3 Å². The van der Waals surface area contributed by atoms with Crippen LogP contribution in [0.4, 0.5) is 19.7 Å². The normalized spacial score (nSPS) is 16.2. The second-order valence-corrected chi connectivity index (χ2v) is 22.2. The van der Waals surface area contributed by atoms with E-state index in [0.29, 0.717) is 109 Å². The van der Waals surface area contributed by atoms with Crippen LogP contribution in [0.15, 0.2) is 41.2 Å². The number of anilines is 1. The number of hydrogen-bond acceptors (Lipinski definition) is 18. The highest BCUT2D eigenvalue weighted by atomic mass is 19.1. The van der Waals surface area contributed by atoms with Gasteiger partial charge in [0, 0.05) is 66.6 Å². The van der Waals surface area contributed by atoms with Crippen molar-refractivity contribution in [1.29, 1.82) is 0 Å². The van der Waals surface area contributed by atoms with Crippen molar-refractivity contribution in [3.8, 4) is 11.4 Å². The maximum absolute atomic E-state index is 15.4. The summed E-state index contributed by atoms with van der Waals surface area (Å²) in [5.74, 6) is -4.56. The molecule has 0 radical (unpaired) electrons. The van der Waals surface area contributed by atoms with Gasteiger partial charge in [0.25, 0.3) is 5.56 Å². The number of aliphatic hydroxyl groups is 1. The van der Waals surface area contributed by atoms with E-state index in [1.165, 1.54) is 10.6 Å². The molecule has 4 aromatic rings. The summed E-state index contributed by atoms with van der Waals surface area (Å²) in [4.78, 5) is 122. The molecule has 6 amide bonds. The lowest BCUT2D eigenvalue weighted by molar-refractivity contribution is -0.172. The molecule has 0 saturated carbocycles. The Bertz CT molecular complexity index is 3250. The van der Waals surface area contributed by atoms with Crippen molar-refractivity contribution in [2.24, 2.45) is 17.6 Å². The van der Waals surface area contributed by atoms with Crippen LogP contribution in [0.1, 0.15) is 124 Å². The minimum absolute atomic E-state index is 0.00424. The molecule has 2 aromatic heterocycles. The third-order valence-electron chi connectivity index (χ3n) is 15.6. The summed E-state index contributed by atoms with van der Waals surface area (Å²) in [5.41, 5.74) is 7.46. The van der Waals surface area contributed by atoms with E-state index in [-0.39, 0.29) is 114 Å². The van der Waals surface area contributed by atoms with Gasteiger partial charge in [-0.25, -0.2) is 23.8 Å². The second kappa shape index (κ2) is 32.5. The molecule has 4 atom stereocenters. The molecule has 0 unspecified atom stereocenters. The van der Waals surface area contributed by atoms with Crippen molar-refractivity contribution < 1.29 is 81.0 Å². The van der Waals surface area contributed by atoms with E-state index in [0.717, 1.165) is 12.0 Å². The largest absolute Gasteiger partial charge is 0.458 e. The summed E-state index contributed by atoms with van der Waals surface area (Å²) in [7, 11) is 0. The lowest BCUT2D eigenvalue weighted by Crippen LogP contribution is -2.45. The average molecular weight is 1230 g/mol. The van der Waals surface area contributed by atoms with Gasteiger partial charge in [0.2, 0.25) is 17.7 Å². The number of amides is 6. The SMILES string of the molecule is CCCOCCOCCOCCOCCC(=O)N[C@H](C(=O)C[C@@H](CCCNC(N)=O)C(=O)Nc1ccc(COC(=O)NCC(=O)CCOCC(=O)N[C@H]2CCc3c(C)c(F)cc4nc5c(c2c34)Cn2c-5cc3c(c2=O)COC(=O)[C@]3(O)CC)cc1)C(C)C. The molecule has 1 aliphatic carbocycles. The molecule has 2 aliphatic heterocycles. The number of nitrogens with one attached hydrogen (secondary N) is 5. The van der Waals surface area contributed by atoms with Crippen molar-refractivity contribution in [1.82, 2.24) is 30.8 Å². The number of ether oxygens (including phenoxy) is 7. The third kappa shape index (κ3) is 17.7. The molecular formula is C62H81FN8O17. The van der Waals surface area contributed by atoms with Crippen molar-refractivity contribution in [3.05, 3.63) is 91.5 Å². The Labute approximate surface area is 508 Å². The fourth-order valence-corrected chi connectivity index (χ4v) is 10.9. The molecule has 4 heterocycles. The van der Waals surface area contributed by atoms with Crippen LogP contribution in [0.2, 0.25) is 0 Å². The van der Waals surface area contributed by atoms with Crippen molar-refractivity contribution >= 4 is 64.0 Å². The van der Waals surface area contributed by atoms with Gasteiger partial charge in [-0.15, -0.1) is 0 Å². The number of aryl methyl sites for hydroxylation is 1. The summed E-state index contributed by atoms with van der Waals surface area (Å²) in [6, 6.07) is 7.09. The number of primary amides is 1. The van der Waals surface area contributed by atoms with Gasteiger partial charge in [-0.1, -0.05) is 39.8 Å². The average Bonchev–Trinajstić information content (AvgIpc) is 1.47. The molecular weight excluding hydrogens is 1150 g/mol. The summed E-state index contributed by atoms with van der Waals surface area (Å²) in [5, 5.41) is 25.6. The number of carbonyl (C=O) groups excluding carboxylic acids is 8. The first-order valence-electron chi connectivity index (χ1n) is 29.9. The molecule has 0 fully saturated rings. The molecule has 2 aromatic carbocycles. The van der Waals surface area contributed by atoms with Crippen LogP contribution in [0.3, 0.4) is 0 Å². The summed E-state index contributed by atoms with van der Waals surface area (Å²) >= 11 is 0. The quantitative estimate of drug-likeness (QED) is 0.0214. The Morgan fingerprint density at radius 1 is 0.864 bits per heavy atom. The maximum atomic E-state index is 15.4. The molecule has 7 rings (SSSR count). The standard InChI is InChI=1S/C62H81FN8O17/c1-6-19-82-22-24-84-26-27-85-25-23-83-21-17-51(74)70-55(36(3)4)50(73)28-39(9-8-18-65-60(64)79)57(76)67-40-12-10-38(11-13-40)33-88-61(80)66-31-41(72)16-20-86-35-52(75)68-47-15-14-42-37(5)46(63)30-48-53(42)54(47)43-32-71-49(56(43)69-48)29-45-44(58(71)77)34-87-59(78)62(45,81)7-2/h10-13,29-30,36,39,47,55,81H,6-9,14-28,31-35H2,1-5H3,(H,66,80)(H,67,76)(H,68,75)(H,70,74)(H3,64,65,79)/t39-,47+,55+,62+/m1/s1. The van der Waals surface area contributed by atoms with Gasteiger partial charge < -0.3 is 75.1 Å². The number of fused-ring (bicyclic) bond motifs is 5. The number of pyridine rings is 2. The van der Waals surface area contributed by atoms with Gasteiger partial charge in [-0.2, -0.15) is 0 Å². The number of carbonyl (C=O) groups is 8. The number of nitrogens with zero attached hydrogens (tertiary/aromatic N) is 2. The van der Waals surface area contributed by atoms with Crippen molar-refractivity contribution in [3.63, 3.8) is 0 Å². The first-order valence-corrected chi connectivity index (χ1v) is 29.9. The predicted molar refractivity (Wildman–Crippen MR) is 317 cm³/mol. The molecule has 478 valence electrons. The minimum Gasteiger partial charge on any atom is -0.458 e. The zero-order valence-corrected chi connectivity index (χ0v) is 50.6. The predicted octanol–water partition coefficient (Wildman–Crippen LogP) is 4.50. The number of ketones is 2. The van der Waals surface area contributed by atoms with Crippen LogP contribution in [-0.4, -0.2) is 147 Å². The van der Waals surface area contributed by atoms with Gasteiger partial charge in [-0.3, -0.25) is 28.8 Å². The first kappa shape index (κ1) is 67.8. The van der Waals surface area contributed by atoms with Crippen molar-refractivity contribution in [2.45, 2.75) is 130 Å². The van der Waals surface area contributed by atoms with E-state index >= 15 is 4.39 Å². The molecule has 25 nitrogen and oxygen atoms in total. The van der Waals surface area contributed by atoms with Gasteiger partial charge >= 0.3 is 18.1 Å². The van der Waals surface area contributed by atoms with Gasteiger partial charge in [-0.05, 0) is 91.8 Å². The van der Waals surface area contributed by atoms with Gasteiger partial charge in [0.1, 0.15) is 25.6 Å². The zero-order valence-electron chi connectivity index (χ0n) is 50.6. The van der Waals surface area contributed by atoms with Crippen LogP contribution < -0.4 is 37.9 Å². The van der Waals surface area contributed by atoms with E-state index in [2.05, 4.69) is 26.6 Å². The van der Waals surface area contributed by atoms with E-state index in [1.54, 1.807) is 58.0 Å². The topological polar surface area (TPSA) is 342 Å². The number of Topliss-reactive ketones (excluding diaryl/α,β-unsaturated/α-hetero) is 2. The highest BCUT2D eigenvalue weighted by Gasteiger charge is 2.46. The Morgan fingerprint density at radius 3 is 2.22 bits per heavy atom. The number of cyclic esters (lactones) is 1. The van der Waals surface area contributed by atoms with Crippen molar-refractivity contribution in [2.75, 3.05) is 84.5 Å². The number of benzene rings is 2. The van der Waals surface area contributed by atoms with Crippen LogP contribution >= 0.6 is 0 Å². The smallest absolute Gasteiger partial charge is 0.407 e. The zero-order chi connectivity index (χ0) is 63.5. The van der Waals surface area contributed by atoms with Crippen LogP contribution in [0.25, 0.3) is 22.3 Å². The number of esters is 1. The maximum Gasteiger partial charge on any atom is 0.407 e. The molecule has 26 heteroatoms. The molecule has 0 spiro atoms. The summed E-state index contributed by atoms with van der Waals surface area (Å²) in [6.07, 6.45) is 1.04. The highest BCUT2D eigenvalue weighted by molar-refractivity contribution is 5.98. The lowest BCUT2D eigenvalue weighted by atomic mass is 9.81. The van der Waals surface area contributed by atoms with Gasteiger partial charge in [0.05, 0.1) is 100 Å². The molecule has 0 saturated heterocycles. The number of hydrogen-bond donors (Lipinski definition) is 7. The number of rotatable bonds is 36. The monoisotopic (exact) mass is 1230 g/mol. The molecule has 8 N–H and O–H groups in total. The summed E-state index contributed by atoms with van der Waals surface area (Å²) < 4.78 is 54.8. The van der Waals surface area contributed by atoms with Crippen LogP contribution in [0, 0.1) is 24.6 Å². The van der Waals surface area contributed by atoms with E-state index < -0.39 is 77.3 Å². The molecule has 0 bridgehead atoms. The Hall–Kier alpha value is -7.75. The Morgan fingerprint density at radius 2 is 1.55 bits per heavy atom. The number of aromatic nitrogens is 2. The molecule has 88 heavy (non-hydrogen) atoms. The first-order chi connectivity index (χ1) is 42.2. The fourth-order valence-electron chi connectivity index (χ4n) is 10.9. The number of urea groups is 1. The van der Waals surface area contributed by atoms with E-state index in [1.807, 2.05) is 6.92 Å². The third-order valence-corrected chi connectivity index (χ3v) is 15.6. The summed E-state index contributed by atoms with van der Waals surface area (Å²) in [6.45, 7) is 10.9. The minimum atomic E-state index is -2.05. The van der Waals surface area contributed by atoms with Crippen LogP contribution in [0.5, 0.6) is 0 Å². The Balaban J connectivity index is 0.828. The number of nitrogens with two attached hydrogens (primary N) is 1. The lowest BCUT2D eigenvalue weighted by Gasteiger charge is -2.31. The number of alkyl carbamates (subject to hydrolysis) is 1. The van der Waals surface area contributed by atoms with Gasteiger partial charge in [0.15, 0.2) is 17.2 Å². The Kier molecular flexibility index (Phi) is 25.0. The second-order valence-electron chi connectivity index (χ2n) is 22.2. The number of halogens is 1. The highest BCUT2D eigenvalue weighted by Crippen LogP contribution is 2.46. The van der Waals surface area contributed by atoms with Crippen LogP contribution in [-0.2, 0) is 93.7 Å². The fraction of sp³-hybridized carbons (Fsp3) is 0.548.